The Hall–Kier alpha value is -2.34. The first-order valence-electron chi connectivity index (χ1n) is 7.88. The molecule has 1 aromatic rings. The number of alkyl carbamates (subject to hydrolysis) is 1. The molecule has 0 bridgehead atoms. The molecule has 2 aliphatic rings. The van der Waals surface area contributed by atoms with Crippen LogP contribution in [-0.2, 0) is 9.53 Å². The number of rotatable bonds is 4. The average molecular weight is 315 g/mol. The summed E-state index contributed by atoms with van der Waals surface area (Å²) < 4.78 is 4.78. The van der Waals surface area contributed by atoms with Gasteiger partial charge in [0.25, 0.3) is 0 Å². The highest BCUT2D eigenvalue weighted by molar-refractivity contribution is 5.87. The number of ether oxygens (including phenoxy) is 1. The highest BCUT2D eigenvalue weighted by atomic mass is 16.6. The van der Waals surface area contributed by atoms with Crippen LogP contribution in [0.25, 0.3) is 6.08 Å². The normalized spacial score (nSPS) is 22.2. The van der Waals surface area contributed by atoms with Crippen LogP contribution >= 0.6 is 0 Å². The number of hydrogen-bond donors (Lipinski definition) is 1. The molecule has 6 nitrogen and oxygen atoms in total. The van der Waals surface area contributed by atoms with Crippen molar-refractivity contribution in [1.29, 1.82) is 0 Å². The van der Waals surface area contributed by atoms with E-state index in [2.05, 4.69) is 34.5 Å². The fraction of sp³-hybridized carbons (Fsp3) is 0.412. The Labute approximate surface area is 135 Å². The summed E-state index contributed by atoms with van der Waals surface area (Å²) in [5.41, 5.74) is 1.19. The topological polar surface area (TPSA) is 61.9 Å². The first kappa shape index (κ1) is 15.6. The number of piperazine rings is 1. The molecule has 6 heteroatoms. The molecule has 1 N–H and O–H groups in total. The molecule has 2 fully saturated rings. The van der Waals surface area contributed by atoms with Gasteiger partial charge in [0, 0.05) is 32.7 Å². The van der Waals surface area contributed by atoms with E-state index < -0.39 is 12.1 Å². The molecular formula is C17H21N3O3. The largest absolute Gasteiger partial charge is 0.447 e. The van der Waals surface area contributed by atoms with Crippen LogP contribution in [0.2, 0.25) is 0 Å². The van der Waals surface area contributed by atoms with Gasteiger partial charge in [-0.05, 0) is 5.56 Å². The molecule has 2 saturated heterocycles. The fourth-order valence-corrected chi connectivity index (χ4v) is 2.79. The second kappa shape index (κ2) is 7.28. The fourth-order valence-electron chi connectivity index (χ4n) is 2.79. The van der Waals surface area contributed by atoms with E-state index in [1.54, 1.807) is 4.90 Å². The summed E-state index contributed by atoms with van der Waals surface area (Å²) in [6.45, 7) is 4.06. The number of carbonyl (C=O) groups is 2. The third kappa shape index (κ3) is 4.10. The molecule has 2 heterocycles. The predicted octanol–water partition coefficient (Wildman–Crippen LogP) is 0.952. The van der Waals surface area contributed by atoms with Crippen molar-refractivity contribution < 1.29 is 14.3 Å². The maximum Gasteiger partial charge on any atom is 0.407 e. The van der Waals surface area contributed by atoms with Crippen molar-refractivity contribution in [2.45, 2.75) is 6.04 Å². The monoisotopic (exact) mass is 315 g/mol. The lowest BCUT2D eigenvalue weighted by Crippen LogP contribution is -2.53. The molecule has 2 amide bonds. The summed E-state index contributed by atoms with van der Waals surface area (Å²) in [4.78, 5) is 27.4. The van der Waals surface area contributed by atoms with Crippen LogP contribution in [0.1, 0.15) is 5.56 Å². The van der Waals surface area contributed by atoms with Gasteiger partial charge < -0.3 is 15.0 Å². The van der Waals surface area contributed by atoms with Gasteiger partial charge in [0.2, 0.25) is 5.91 Å². The Bertz CT molecular complexity index is 580. The number of cyclic esters (lactones) is 1. The minimum Gasteiger partial charge on any atom is -0.447 e. The highest BCUT2D eigenvalue weighted by Crippen LogP contribution is 2.08. The lowest BCUT2D eigenvalue weighted by Gasteiger charge is -2.35. The summed E-state index contributed by atoms with van der Waals surface area (Å²) >= 11 is 0. The molecule has 0 aliphatic carbocycles. The van der Waals surface area contributed by atoms with E-state index in [9.17, 15) is 9.59 Å². The number of hydrogen-bond acceptors (Lipinski definition) is 4. The van der Waals surface area contributed by atoms with E-state index in [1.165, 1.54) is 5.56 Å². The Morgan fingerprint density at radius 1 is 1.22 bits per heavy atom. The molecule has 1 unspecified atom stereocenters. The van der Waals surface area contributed by atoms with Gasteiger partial charge in [-0.1, -0.05) is 42.5 Å². The molecule has 2 aliphatic heterocycles. The SMILES string of the molecule is O=C1NC(C(=O)N2CCN(C/C=C/c3ccccc3)CC2)CO1. The van der Waals surface area contributed by atoms with E-state index in [0.717, 1.165) is 19.6 Å². The molecule has 0 radical (unpaired) electrons. The van der Waals surface area contributed by atoms with Crippen LogP contribution in [0.5, 0.6) is 0 Å². The smallest absolute Gasteiger partial charge is 0.407 e. The minimum atomic E-state index is -0.521. The van der Waals surface area contributed by atoms with Gasteiger partial charge in [0.15, 0.2) is 0 Å². The van der Waals surface area contributed by atoms with Crippen LogP contribution in [-0.4, -0.2) is 67.2 Å². The van der Waals surface area contributed by atoms with Crippen molar-refractivity contribution >= 4 is 18.1 Å². The minimum absolute atomic E-state index is 0.0460. The van der Waals surface area contributed by atoms with Crippen LogP contribution in [0.3, 0.4) is 0 Å². The van der Waals surface area contributed by atoms with Crippen LogP contribution in [0.15, 0.2) is 36.4 Å². The Kier molecular flexibility index (Phi) is 4.92. The van der Waals surface area contributed by atoms with Crippen molar-refractivity contribution in [2.24, 2.45) is 0 Å². The zero-order valence-corrected chi connectivity index (χ0v) is 13.0. The zero-order valence-electron chi connectivity index (χ0n) is 13.0. The highest BCUT2D eigenvalue weighted by Gasteiger charge is 2.33. The lowest BCUT2D eigenvalue weighted by atomic mass is 10.2. The summed E-state index contributed by atoms with van der Waals surface area (Å²) in [7, 11) is 0. The maximum absolute atomic E-state index is 12.3. The number of nitrogens with zero attached hydrogens (tertiary/aromatic N) is 2. The van der Waals surface area contributed by atoms with Crippen molar-refractivity contribution in [1.82, 2.24) is 15.1 Å². The quantitative estimate of drug-likeness (QED) is 0.899. The predicted molar refractivity (Wildman–Crippen MR) is 86.8 cm³/mol. The second-order valence-corrected chi connectivity index (χ2v) is 5.73. The second-order valence-electron chi connectivity index (χ2n) is 5.73. The standard InChI is InChI=1S/C17H21N3O3/c21-16(15-13-23-17(22)18-15)20-11-9-19(10-12-20)8-4-7-14-5-2-1-3-6-14/h1-7,15H,8-13H2,(H,18,22)/b7-4+. The Balaban J connectivity index is 1.42. The van der Waals surface area contributed by atoms with E-state index in [-0.39, 0.29) is 12.5 Å². The summed E-state index contributed by atoms with van der Waals surface area (Å²) in [6.07, 6.45) is 3.76. The lowest BCUT2D eigenvalue weighted by molar-refractivity contribution is -0.134. The Morgan fingerprint density at radius 3 is 2.61 bits per heavy atom. The zero-order chi connectivity index (χ0) is 16.1. The molecule has 1 aromatic carbocycles. The number of carbonyl (C=O) groups excluding carboxylic acids is 2. The molecule has 1 atom stereocenters. The van der Waals surface area contributed by atoms with E-state index in [0.29, 0.717) is 13.1 Å². The van der Waals surface area contributed by atoms with Crippen molar-refractivity contribution in [3.05, 3.63) is 42.0 Å². The maximum atomic E-state index is 12.3. The van der Waals surface area contributed by atoms with Gasteiger partial charge in [-0.15, -0.1) is 0 Å². The first-order chi connectivity index (χ1) is 11.2. The van der Waals surface area contributed by atoms with Crippen molar-refractivity contribution in [2.75, 3.05) is 39.3 Å². The summed E-state index contributed by atoms with van der Waals surface area (Å²) in [5, 5.41) is 2.54. The number of benzene rings is 1. The van der Waals surface area contributed by atoms with E-state index in [4.69, 9.17) is 4.74 Å². The third-order valence-corrected chi connectivity index (χ3v) is 4.13. The molecule has 122 valence electrons. The van der Waals surface area contributed by atoms with Crippen LogP contribution < -0.4 is 5.32 Å². The first-order valence-corrected chi connectivity index (χ1v) is 7.88. The van der Waals surface area contributed by atoms with Gasteiger partial charge in [-0.25, -0.2) is 4.79 Å². The van der Waals surface area contributed by atoms with Crippen molar-refractivity contribution in [3.8, 4) is 0 Å². The molecule has 23 heavy (non-hydrogen) atoms. The van der Waals surface area contributed by atoms with Gasteiger partial charge >= 0.3 is 6.09 Å². The molecule has 0 saturated carbocycles. The third-order valence-electron chi connectivity index (χ3n) is 4.13. The molecular weight excluding hydrogens is 294 g/mol. The average Bonchev–Trinajstić information content (AvgIpc) is 3.02. The number of nitrogens with one attached hydrogen (secondary N) is 1. The van der Waals surface area contributed by atoms with Crippen LogP contribution in [0.4, 0.5) is 4.79 Å². The molecule has 0 spiro atoms. The molecule has 3 rings (SSSR count). The van der Waals surface area contributed by atoms with Gasteiger partial charge in [0.1, 0.15) is 12.6 Å². The number of amides is 2. The molecule has 0 aromatic heterocycles. The van der Waals surface area contributed by atoms with E-state index in [1.807, 2.05) is 18.2 Å². The Morgan fingerprint density at radius 2 is 1.96 bits per heavy atom. The van der Waals surface area contributed by atoms with E-state index >= 15 is 0 Å². The summed E-state index contributed by atoms with van der Waals surface area (Å²) in [6, 6.07) is 9.68. The van der Waals surface area contributed by atoms with Crippen molar-refractivity contribution in [3.63, 3.8) is 0 Å². The van der Waals surface area contributed by atoms with Crippen LogP contribution in [0, 0.1) is 0 Å². The summed E-state index contributed by atoms with van der Waals surface area (Å²) in [5.74, 6) is -0.0460. The van der Waals surface area contributed by atoms with Gasteiger partial charge in [-0.3, -0.25) is 9.69 Å². The van der Waals surface area contributed by atoms with Gasteiger partial charge in [0.05, 0.1) is 0 Å². The van der Waals surface area contributed by atoms with Gasteiger partial charge in [-0.2, -0.15) is 0 Å².